The third-order valence-electron chi connectivity index (χ3n) is 2.08. The Morgan fingerprint density at radius 2 is 2.00 bits per heavy atom. The van der Waals surface area contributed by atoms with Crippen molar-refractivity contribution in [2.75, 3.05) is 13.6 Å². The van der Waals surface area contributed by atoms with E-state index in [2.05, 4.69) is 0 Å². The largest absolute Gasteiger partial charge is 0.481 e. The van der Waals surface area contributed by atoms with E-state index in [0.29, 0.717) is 13.0 Å². The number of likely N-dealkylation sites (N-methyl/N-ethyl adjacent to an activating group) is 1. The predicted octanol–water partition coefficient (Wildman–Crippen LogP) is 1.67. The zero-order valence-corrected chi connectivity index (χ0v) is 9.62. The fourth-order valence-corrected chi connectivity index (χ4v) is 1.26. The van der Waals surface area contributed by atoms with Crippen LogP contribution in [0.2, 0.25) is 0 Å². The van der Waals surface area contributed by atoms with Gasteiger partial charge in [0.05, 0.1) is 0 Å². The van der Waals surface area contributed by atoms with Crippen LogP contribution in [0.1, 0.15) is 33.1 Å². The molecule has 15 heavy (non-hydrogen) atoms. The van der Waals surface area contributed by atoms with Crippen LogP contribution in [0, 0.1) is 0 Å². The summed E-state index contributed by atoms with van der Waals surface area (Å²) >= 11 is 0. The second kappa shape index (κ2) is 7.04. The van der Waals surface area contributed by atoms with Crippen molar-refractivity contribution in [2.24, 2.45) is 0 Å². The van der Waals surface area contributed by atoms with E-state index < -0.39 is 5.97 Å². The average molecular weight is 213 g/mol. The van der Waals surface area contributed by atoms with Crippen LogP contribution in [-0.2, 0) is 9.59 Å². The molecule has 0 aliphatic rings. The Labute approximate surface area is 90.6 Å². The fraction of sp³-hybridized carbons (Fsp3) is 0.636. The maximum Gasteiger partial charge on any atom is 0.303 e. The number of carbonyl (C=O) groups excluding carboxylic acids is 1. The SMILES string of the molecule is CC/C=C(\C)C(=O)N(C)CCCC(=O)O. The van der Waals surface area contributed by atoms with Gasteiger partial charge in [0, 0.05) is 25.6 Å². The van der Waals surface area contributed by atoms with Crippen molar-refractivity contribution < 1.29 is 14.7 Å². The van der Waals surface area contributed by atoms with Crippen LogP contribution in [0.25, 0.3) is 0 Å². The first-order valence-electron chi connectivity index (χ1n) is 5.13. The van der Waals surface area contributed by atoms with Gasteiger partial charge in [0.15, 0.2) is 0 Å². The Hall–Kier alpha value is -1.32. The number of hydrogen-bond acceptors (Lipinski definition) is 2. The Morgan fingerprint density at radius 1 is 1.40 bits per heavy atom. The van der Waals surface area contributed by atoms with Gasteiger partial charge in [0.2, 0.25) is 5.91 Å². The monoisotopic (exact) mass is 213 g/mol. The number of nitrogens with zero attached hydrogens (tertiary/aromatic N) is 1. The highest BCUT2D eigenvalue weighted by atomic mass is 16.4. The van der Waals surface area contributed by atoms with Crippen molar-refractivity contribution >= 4 is 11.9 Å². The van der Waals surface area contributed by atoms with E-state index in [9.17, 15) is 9.59 Å². The Morgan fingerprint density at radius 3 is 2.47 bits per heavy atom. The van der Waals surface area contributed by atoms with Gasteiger partial charge in [-0.2, -0.15) is 0 Å². The Balaban J connectivity index is 3.99. The second-order valence-electron chi connectivity index (χ2n) is 3.52. The van der Waals surface area contributed by atoms with Crippen LogP contribution in [0.15, 0.2) is 11.6 Å². The van der Waals surface area contributed by atoms with Gasteiger partial charge in [-0.05, 0) is 19.8 Å². The standard InChI is InChI=1S/C11H19NO3/c1-4-6-9(2)11(15)12(3)8-5-7-10(13)14/h6H,4-5,7-8H2,1-3H3,(H,13,14)/b9-6+. The minimum atomic E-state index is -0.823. The van der Waals surface area contributed by atoms with Gasteiger partial charge >= 0.3 is 5.97 Å². The van der Waals surface area contributed by atoms with Crippen LogP contribution in [0.3, 0.4) is 0 Å². The minimum Gasteiger partial charge on any atom is -0.481 e. The van der Waals surface area contributed by atoms with Crippen molar-refractivity contribution in [3.8, 4) is 0 Å². The van der Waals surface area contributed by atoms with Gasteiger partial charge in [-0.15, -0.1) is 0 Å². The minimum absolute atomic E-state index is 0.0257. The number of rotatable bonds is 6. The zero-order chi connectivity index (χ0) is 11.8. The summed E-state index contributed by atoms with van der Waals surface area (Å²) in [6, 6.07) is 0. The van der Waals surface area contributed by atoms with E-state index in [-0.39, 0.29) is 12.3 Å². The topological polar surface area (TPSA) is 57.6 Å². The lowest BCUT2D eigenvalue weighted by Crippen LogP contribution is -2.28. The van der Waals surface area contributed by atoms with Gasteiger partial charge in [-0.1, -0.05) is 13.0 Å². The van der Waals surface area contributed by atoms with E-state index in [0.717, 1.165) is 12.0 Å². The lowest BCUT2D eigenvalue weighted by Gasteiger charge is -2.16. The Bertz CT molecular complexity index is 259. The molecule has 0 saturated heterocycles. The van der Waals surface area contributed by atoms with Crippen LogP contribution in [0.4, 0.5) is 0 Å². The highest BCUT2D eigenvalue weighted by Crippen LogP contribution is 2.02. The quantitative estimate of drug-likeness (QED) is 0.683. The maximum absolute atomic E-state index is 11.6. The predicted molar refractivity (Wildman–Crippen MR) is 58.6 cm³/mol. The van der Waals surface area contributed by atoms with Crippen LogP contribution >= 0.6 is 0 Å². The number of aliphatic carboxylic acids is 1. The van der Waals surface area contributed by atoms with Gasteiger partial charge in [-0.25, -0.2) is 0 Å². The molecule has 0 spiro atoms. The van der Waals surface area contributed by atoms with Crippen molar-refractivity contribution in [1.29, 1.82) is 0 Å². The van der Waals surface area contributed by atoms with Crippen molar-refractivity contribution in [3.05, 3.63) is 11.6 Å². The van der Waals surface area contributed by atoms with Crippen LogP contribution in [0.5, 0.6) is 0 Å². The number of amides is 1. The molecule has 0 rings (SSSR count). The highest BCUT2D eigenvalue weighted by Gasteiger charge is 2.10. The number of carboxylic acid groups (broad SMARTS) is 1. The molecule has 0 unspecified atom stereocenters. The molecule has 0 aliphatic carbocycles. The van der Waals surface area contributed by atoms with E-state index >= 15 is 0 Å². The third kappa shape index (κ3) is 5.88. The molecule has 0 atom stereocenters. The van der Waals surface area contributed by atoms with Gasteiger partial charge in [-0.3, -0.25) is 9.59 Å². The lowest BCUT2D eigenvalue weighted by molar-refractivity contribution is -0.137. The fourth-order valence-electron chi connectivity index (χ4n) is 1.26. The number of carbonyl (C=O) groups is 2. The molecule has 0 bridgehead atoms. The smallest absolute Gasteiger partial charge is 0.303 e. The molecule has 0 aromatic heterocycles. The van der Waals surface area contributed by atoms with Crippen LogP contribution in [-0.4, -0.2) is 35.5 Å². The molecule has 0 aromatic rings. The van der Waals surface area contributed by atoms with E-state index in [4.69, 9.17) is 5.11 Å². The molecule has 0 radical (unpaired) electrons. The first-order chi connectivity index (χ1) is 6.99. The summed E-state index contributed by atoms with van der Waals surface area (Å²) in [4.78, 5) is 23.5. The molecule has 0 saturated carbocycles. The molecule has 1 amide bonds. The summed E-state index contributed by atoms with van der Waals surface area (Å²) < 4.78 is 0. The van der Waals surface area contributed by atoms with Crippen molar-refractivity contribution in [3.63, 3.8) is 0 Å². The first-order valence-corrected chi connectivity index (χ1v) is 5.13. The molecular formula is C11H19NO3. The van der Waals surface area contributed by atoms with E-state index in [1.807, 2.05) is 13.0 Å². The van der Waals surface area contributed by atoms with Crippen molar-refractivity contribution in [1.82, 2.24) is 4.90 Å². The lowest BCUT2D eigenvalue weighted by atomic mass is 10.2. The molecular weight excluding hydrogens is 194 g/mol. The maximum atomic E-state index is 11.6. The molecule has 4 nitrogen and oxygen atoms in total. The van der Waals surface area contributed by atoms with Gasteiger partial charge in [0.1, 0.15) is 0 Å². The summed E-state index contributed by atoms with van der Waals surface area (Å²) in [7, 11) is 1.69. The second-order valence-corrected chi connectivity index (χ2v) is 3.52. The van der Waals surface area contributed by atoms with E-state index in [1.165, 1.54) is 0 Å². The third-order valence-corrected chi connectivity index (χ3v) is 2.08. The summed E-state index contributed by atoms with van der Waals surface area (Å²) in [5, 5.41) is 8.44. The molecule has 86 valence electrons. The zero-order valence-electron chi connectivity index (χ0n) is 9.62. The first kappa shape index (κ1) is 13.7. The Kier molecular flexibility index (Phi) is 6.42. The number of carboxylic acids is 1. The van der Waals surface area contributed by atoms with Crippen molar-refractivity contribution in [2.45, 2.75) is 33.1 Å². The molecule has 1 N–H and O–H groups in total. The molecule has 4 heteroatoms. The number of hydrogen-bond donors (Lipinski definition) is 1. The molecule has 0 fully saturated rings. The van der Waals surface area contributed by atoms with Crippen LogP contribution < -0.4 is 0 Å². The van der Waals surface area contributed by atoms with Gasteiger partial charge < -0.3 is 10.0 Å². The number of allylic oxidation sites excluding steroid dienone is 1. The summed E-state index contributed by atoms with van der Waals surface area (Å²) in [5.41, 5.74) is 0.718. The summed E-state index contributed by atoms with van der Waals surface area (Å²) in [5.74, 6) is -0.848. The summed E-state index contributed by atoms with van der Waals surface area (Å²) in [6.07, 6.45) is 3.31. The molecule has 0 aromatic carbocycles. The van der Waals surface area contributed by atoms with E-state index in [1.54, 1.807) is 18.9 Å². The molecule has 0 heterocycles. The average Bonchev–Trinajstić information content (AvgIpc) is 2.16. The van der Waals surface area contributed by atoms with Gasteiger partial charge in [0.25, 0.3) is 0 Å². The normalized spacial score (nSPS) is 11.3. The molecule has 0 aliphatic heterocycles. The summed E-state index contributed by atoms with van der Waals surface area (Å²) in [6.45, 7) is 4.24. The highest BCUT2D eigenvalue weighted by molar-refractivity contribution is 5.92.